The van der Waals surface area contributed by atoms with Crippen LogP contribution in [0, 0.1) is 11.8 Å². The average molecular weight is 270 g/mol. The molecular weight excluding hydrogens is 240 g/mol. The van der Waals surface area contributed by atoms with E-state index >= 15 is 0 Å². The predicted octanol–water partition coefficient (Wildman–Crippen LogP) is 2.48. The van der Waals surface area contributed by atoms with Crippen LogP contribution < -0.4 is 10.6 Å². The van der Waals surface area contributed by atoms with Crippen LogP contribution in [0.5, 0.6) is 0 Å². The normalized spacial score (nSPS) is 12.7. The van der Waals surface area contributed by atoms with Gasteiger partial charge in [-0.1, -0.05) is 27.7 Å². The molecule has 0 aromatic carbocycles. The minimum absolute atomic E-state index is 0.0346. The zero-order valence-corrected chi connectivity index (χ0v) is 13.7. The fraction of sp³-hybridized carbons (Fsp3) is 0.867. The SMILES string of the molecule is CC(C)C(=O)NC(C)(C)CC(C)(C)NC(=O)C(C)C. The van der Waals surface area contributed by atoms with Crippen LogP contribution >= 0.6 is 0 Å². The number of amides is 2. The Morgan fingerprint density at radius 3 is 1.26 bits per heavy atom. The third-order valence-electron chi connectivity index (χ3n) is 2.86. The number of rotatable bonds is 6. The van der Waals surface area contributed by atoms with Gasteiger partial charge in [0.15, 0.2) is 0 Å². The highest BCUT2D eigenvalue weighted by atomic mass is 16.2. The number of carbonyl (C=O) groups excluding carboxylic acids is 2. The Morgan fingerprint density at radius 1 is 0.789 bits per heavy atom. The van der Waals surface area contributed by atoms with Gasteiger partial charge in [-0.05, 0) is 34.1 Å². The van der Waals surface area contributed by atoms with Gasteiger partial charge in [-0.2, -0.15) is 0 Å². The predicted molar refractivity (Wildman–Crippen MR) is 78.7 cm³/mol. The van der Waals surface area contributed by atoms with Crippen molar-refractivity contribution in [1.29, 1.82) is 0 Å². The molecule has 0 aliphatic carbocycles. The highest BCUT2D eigenvalue weighted by Gasteiger charge is 2.32. The zero-order chi connectivity index (χ0) is 15.4. The van der Waals surface area contributed by atoms with Crippen molar-refractivity contribution in [2.45, 2.75) is 72.9 Å². The molecular formula is C15H30N2O2. The molecule has 0 unspecified atom stereocenters. The maximum atomic E-state index is 11.8. The summed E-state index contributed by atoms with van der Waals surface area (Å²) in [6.07, 6.45) is 0.678. The van der Waals surface area contributed by atoms with Gasteiger partial charge in [0, 0.05) is 22.9 Å². The van der Waals surface area contributed by atoms with Crippen molar-refractivity contribution in [3.63, 3.8) is 0 Å². The maximum Gasteiger partial charge on any atom is 0.222 e. The van der Waals surface area contributed by atoms with Gasteiger partial charge < -0.3 is 10.6 Å². The summed E-state index contributed by atoms with van der Waals surface area (Å²) in [6, 6.07) is 0. The summed E-state index contributed by atoms with van der Waals surface area (Å²) in [4.78, 5) is 23.6. The monoisotopic (exact) mass is 270 g/mol. The molecule has 0 saturated carbocycles. The molecule has 19 heavy (non-hydrogen) atoms. The Kier molecular flexibility index (Phi) is 6.04. The van der Waals surface area contributed by atoms with Crippen molar-refractivity contribution in [2.24, 2.45) is 11.8 Å². The molecule has 0 radical (unpaired) electrons. The Labute approximate surface area is 117 Å². The fourth-order valence-electron chi connectivity index (χ4n) is 2.15. The van der Waals surface area contributed by atoms with E-state index in [1.54, 1.807) is 0 Å². The summed E-state index contributed by atoms with van der Waals surface area (Å²) in [5, 5.41) is 6.05. The first-order chi connectivity index (χ1) is 8.36. The van der Waals surface area contributed by atoms with Crippen LogP contribution in [0.15, 0.2) is 0 Å². The van der Waals surface area contributed by atoms with Crippen molar-refractivity contribution >= 4 is 11.8 Å². The quantitative estimate of drug-likeness (QED) is 0.779. The summed E-state index contributed by atoms with van der Waals surface area (Å²) in [7, 11) is 0. The first-order valence-corrected chi connectivity index (χ1v) is 7.00. The molecule has 0 fully saturated rings. The van der Waals surface area contributed by atoms with E-state index in [9.17, 15) is 9.59 Å². The van der Waals surface area contributed by atoms with Gasteiger partial charge in [-0.25, -0.2) is 0 Å². The second-order valence-corrected chi connectivity index (χ2v) is 7.23. The van der Waals surface area contributed by atoms with Gasteiger partial charge in [-0.15, -0.1) is 0 Å². The van der Waals surface area contributed by atoms with Gasteiger partial charge in [0.2, 0.25) is 11.8 Å². The standard InChI is InChI=1S/C15H30N2O2/c1-10(2)12(18)16-14(5,6)9-15(7,8)17-13(19)11(3)4/h10-11H,9H2,1-8H3,(H,16,18)(H,17,19). The second-order valence-electron chi connectivity index (χ2n) is 7.23. The average Bonchev–Trinajstić information content (AvgIpc) is 2.13. The largest absolute Gasteiger partial charge is 0.351 e. The molecule has 0 bridgehead atoms. The highest BCUT2D eigenvalue weighted by Crippen LogP contribution is 2.21. The molecule has 2 amide bonds. The summed E-state index contributed by atoms with van der Waals surface area (Å²) in [6.45, 7) is 15.4. The van der Waals surface area contributed by atoms with Crippen molar-refractivity contribution in [2.75, 3.05) is 0 Å². The molecule has 0 aliphatic rings. The molecule has 0 atom stereocenters. The lowest BCUT2D eigenvalue weighted by Crippen LogP contribution is -2.54. The summed E-state index contributed by atoms with van der Waals surface area (Å²) < 4.78 is 0. The number of hydrogen-bond donors (Lipinski definition) is 2. The molecule has 0 aromatic heterocycles. The van der Waals surface area contributed by atoms with Crippen molar-refractivity contribution in [1.82, 2.24) is 10.6 Å². The maximum absolute atomic E-state index is 11.8. The Morgan fingerprint density at radius 2 is 1.05 bits per heavy atom. The van der Waals surface area contributed by atoms with Gasteiger partial charge >= 0.3 is 0 Å². The van der Waals surface area contributed by atoms with Gasteiger partial charge in [0.25, 0.3) is 0 Å². The molecule has 0 rings (SSSR count). The number of nitrogens with one attached hydrogen (secondary N) is 2. The van der Waals surface area contributed by atoms with E-state index in [1.165, 1.54) is 0 Å². The number of hydrogen-bond acceptors (Lipinski definition) is 2. The topological polar surface area (TPSA) is 58.2 Å². The second kappa shape index (κ2) is 6.40. The molecule has 0 saturated heterocycles. The van der Waals surface area contributed by atoms with Crippen LogP contribution in [-0.2, 0) is 9.59 Å². The lowest BCUT2D eigenvalue weighted by atomic mass is 9.86. The van der Waals surface area contributed by atoms with E-state index in [2.05, 4.69) is 10.6 Å². The van der Waals surface area contributed by atoms with E-state index in [4.69, 9.17) is 0 Å². The lowest BCUT2D eigenvalue weighted by Gasteiger charge is -2.37. The highest BCUT2D eigenvalue weighted by molar-refractivity contribution is 5.79. The Balaban J connectivity index is 4.62. The summed E-state index contributed by atoms with van der Waals surface area (Å²) in [5.74, 6) is 0.00672. The zero-order valence-electron chi connectivity index (χ0n) is 13.7. The van der Waals surface area contributed by atoms with Gasteiger partial charge in [-0.3, -0.25) is 9.59 Å². The molecule has 0 aliphatic heterocycles. The number of carbonyl (C=O) groups is 2. The molecule has 4 heteroatoms. The smallest absolute Gasteiger partial charge is 0.222 e. The lowest BCUT2D eigenvalue weighted by molar-refractivity contribution is -0.126. The summed E-state index contributed by atoms with van der Waals surface area (Å²) >= 11 is 0. The van der Waals surface area contributed by atoms with Crippen molar-refractivity contribution in [3.8, 4) is 0 Å². The van der Waals surface area contributed by atoms with Gasteiger partial charge in [0.05, 0.1) is 0 Å². The third-order valence-corrected chi connectivity index (χ3v) is 2.86. The van der Waals surface area contributed by atoms with Crippen LogP contribution in [0.4, 0.5) is 0 Å². The Hall–Kier alpha value is -1.06. The molecule has 112 valence electrons. The summed E-state index contributed by atoms with van der Waals surface area (Å²) in [5.41, 5.74) is -0.704. The minimum atomic E-state index is -0.352. The Bertz CT molecular complexity index is 299. The van der Waals surface area contributed by atoms with Crippen LogP contribution in [0.3, 0.4) is 0 Å². The molecule has 4 nitrogen and oxygen atoms in total. The van der Waals surface area contributed by atoms with Crippen LogP contribution in [0.25, 0.3) is 0 Å². The van der Waals surface area contributed by atoms with E-state index in [1.807, 2.05) is 55.4 Å². The minimum Gasteiger partial charge on any atom is -0.351 e. The van der Waals surface area contributed by atoms with Crippen molar-refractivity contribution < 1.29 is 9.59 Å². The molecule has 0 spiro atoms. The van der Waals surface area contributed by atoms with E-state index in [0.717, 1.165) is 0 Å². The molecule has 2 N–H and O–H groups in total. The van der Waals surface area contributed by atoms with Crippen molar-refractivity contribution in [3.05, 3.63) is 0 Å². The fourth-order valence-corrected chi connectivity index (χ4v) is 2.15. The van der Waals surface area contributed by atoms with Crippen LogP contribution in [0.2, 0.25) is 0 Å². The third kappa shape index (κ3) is 7.19. The van der Waals surface area contributed by atoms with E-state index in [-0.39, 0.29) is 34.7 Å². The van der Waals surface area contributed by atoms with Gasteiger partial charge in [0.1, 0.15) is 0 Å². The van der Waals surface area contributed by atoms with E-state index < -0.39 is 0 Å². The van der Waals surface area contributed by atoms with Crippen LogP contribution in [0.1, 0.15) is 61.8 Å². The van der Waals surface area contributed by atoms with E-state index in [0.29, 0.717) is 6.42 Å². The molecule has 0 aromatic rings. The first kappa shape index (κ1) is 17.9. The van der Waals surface area contributed by atoms with Crippen LogP contribution in [-0.4, -0.2) is 22.9 Å². The molecule has 0 heterocycles. The first-order valence-electron chi connectivity index (χ1n) is 7.00.